The summed E-state index contributed by atoms with van der Waals surface area (Å²) in [7, 11) is -4.33. The van der Waals surface area contributed by atoms with Crippen LogP contribution in [0.25, 0.3) is 0 Å². The molecule has 0 radical (unpaired) electrons. The highest BCUT2D eigenvalue weighted by Gasteiger charge is 2.47. The summed E-state index contributed by atoms with van der Waals surface area (Å²) in [5, 5.41) is 7.97. The van der Waals surface area contributed by atoms with Gasteiger partial charge in [0.2, 0.25) is 0 Å². The summed E-state index contributed by atoms with van der Waals surface area (Å²) in [5.41, 5.74) is 3.09. The van der Waals surface area contributed by atoms with Gasteiger partial charge in [-0.25, -0.2) is 4.39 Å². The lowest BCUT2D eigenvalue weighted by Gasteiger charge is -2.29. The van der Waals surface area contributed by atoms with Gasteiger partial charge in [-0.2, -0.15) is 0 Å². The van der Waals surface area contributed by atoms with Gasteiger partial charge >= 0.3 is 0 Å². The van der Waals surface area contributed by atoms with E-state index in [0.29, 0.717) is 0 Å². The maximum Gasteiger partial charge on any atom is 0.116 e. The summed E-state index contributed by atoms with van der Waals surface area (Å²) in [5.74, 6) is 0. The van der Waals surface area contributed by atoms with Crippen molar-refractivity contribution in [2.24, 2.45) is 0 Å². The van der Waals surface area contributed by atoms with Crippen LogP contribution in [0.2, 0.25) is 0 Å². The summed E-state index contributed by atoms with van der Waals surface area (Å²) >= 11 is 0. The first-order valence-corrected chi connectivity index (χ1v) is 20.4. The van der Waals surface area contributed by atoms with E-state index in [1.807, 2.05) is 0 Å². The molecule has 48 heavy (non-hydrogen) atoms. The molecule has 0 fully saturated rings. The van der Waals surface area contributed by atoms with Crippen LogP contribution in [0, 0.1) is 0 Å². The van der Waals surface area contributed by atoms with Crippen LogP contribution in [-0.4, -0.2) is 0 Å². The van der Waals surface area contributed by atoms with Gasteiger partial charge < -0.3 is 0 Å². The predicted molar refractivity (Wildman–Crippen MR) is 209 cm³/mol. The Bertz CT molecular complexity index is 1690. The predicted octanol–water partition coefficient (Wildman–Crippen LogP) is 9.14. The molecule has 0 aliphatic rings. The molecule has 0 aliphatic heterocycles. The molecule has 234 valence electrons. The van der Waals surface area contributed by atoms with Gasteiger partial charge in [0.05, 0.1) is 12.3 Å². The molecule has 0 amide bonds. The normalized spacial score (nSPS) is 11.7. The van der Waals surface area contributed by atoms with Crippen molar-refractivity contribution < 1.29 is 4.39 Å². The van der Waals surface area contributed by atoms with E-state index in [-0.39, 0.29) is 0 Å². The van der Waals surface area contributed by atoms with E-state index in [2.05, 4.69) is 200 Å². The Morgan fingerprint density at radius 1 is 0.292 bits per heavy atom. The number of hydrogen-bond acceptors (Lipinski definition) is 0. The van der Waals surface area contributed by atoms with Crippen LogP contribution >= 0.6 is 14.5 Å². The Morgan fingerprint density at radius 2 is 0.500 bits per heavy atom. The molecule has 0 saturated carbocycles. The number of hydrogen-bond donors (Lipinski definition) is 0. The Hall–Kier alpha value is -4.67. The molecule has 7 aromatic rings. The molecule has 0 unspecified atom stereocenters. The van der Waals surface area contributed by atoms with Gasteiger partial charge in [-0.15, -0.1) is 0 Å². The molecule has 0 nitrogen and oxygen atoms in total. The van der Waals surface area contributed by atoms with Crippen molar-refractivity contribution in [3.05, 3.63) is 217 Å². The third-order valence-electron chi connectivity index (χ3n) is 9.29. The van der Waals surface area contributed by atoms with Crippen LogP contribution in [-0.2, 0) is 19.0 Å². The van der Waals surface area contributed by atoms with E-state index >= 15 is 0 Å². The first-order valence-electron chi connectivity index (χ1n) is 16.5. The zero-order chi connectivity index (χ0) is 32.7. The summed E-state index contributed by atoms with van der Waals surface area (Å²) in [4.78, 5) is 0. The largest absolute Gasteiger partial charge is 0.246 e. The van der Waals surface area contributed by atoms with Crippen LogP contribution in [0.5, 0.6) is 0 Å². The summed E-state index contributed by atoms with van der Waals surface area (Å²) < 4.78 is 14.9. The Labute approximate surface area is 285 Å². The first-order chi connectivity index (χ1) is 23.7. The number of halogens is 1. The topological polar surface area (TPSA) is 0 Å². The van der Waals surface area contributed by atoms with Crippen LogP contribution < -0.4 is 31.8 Å². The summed E-state index contributed by atoms with van der Waals surface area (Å²) in [6.07, 6.45) is 1.61. The molecular formula is C45H39FP2+2. The maximum absolute atomic E-state index is 14.9. The molecule has 7 rings (SSSR count). The van der Waals surface area contributed by atoms with E-state index in [1.54, 1.807) is 0 Å². The van der Waals surface area contributed by atoms with Crippen molar-refractivity contribution in [1.82, 2.24) is 0 Å². The van der Waals surface area contributed by atoms with Gasteiger partial charge in [0, 0.05) is 0 Å². The minimum Gasteiger partial charge on any atom is -0.246 e. The van der Waals surface area contributed by atoms with E-state index in [1.165, 1.54) is 43.0 Å². The van der Waals surface area contributed by atoms with E-state index < -0.39 is 21.2 Å². The first kappa shape index (κ1) is 31.9. The third kappa shape index (κ3) is 6.30. The van der Waals surface area contributed by atoms with Crippen LogP contribution in [0.1, 0.15) is 16.7 Å². The third-order valence-corrected chi connectivity index (χ3v) is 18.0. The van der Waals surface area contributed by atoms with Gasteiger partial charge in [-0.3, -0.25) is 0 Å². The molecule has 0 aliphatic carbocycles. The molecular weight excluding hydrogens is 620 g/mol. The zero-order valence-electron chi connectivity index (χ0n) is 26.9. The number of alkyl halides is 1. The minimum atomic E-state index is -2.16. The molecule has 3 heteroatoms. The molecule has 7 aromatic carbocycles. The molecule has 0 heterocycles. The van der Waals surface area contributed by atoms with Crippen LogP contribution in [0.15, 0.2) is 200 Å². The molecule has 0 bridgehead atoms. The fourth-order valence-electron chi connectivity index (χ4n) is 7.18. The lowest BCUT2D eigenvalue weighted by Crippen LogP contribution is -2.33. The highest BCUT2D eigenvalue weighted by molar-refractivity contribution is 7.95. The Kier molecular flexibility index (Phi) is 9.72. The fourth-order valence-corrected chi connectivity index (χ4v) is 15.6. The second kappa shape index (κ2) is 14.6. The van der Waals surface area contributed by atoms with Gasteiger partial charge in [0.15, 0.2) is 0 Å². The van der Waals surface area contributed by atoms with Gasteiger partial charge in [0.1, 0.15) is 53.0 Å². The molecule has 0 aromatic heterocycles. The summed E-state index contributed by atoms with van der Waals surface area (Å²) in [6, 6.07) is 72.4. The quantitative estimate of drug-likeness (QED) is 0.122. The second-order valence-corrected chi connectivity index (χ2v) is 19.2. The average Bonchev–Trinajstić information content (AvgIpc) is 3.18. The van der Waals surface area contributed by atoms with Crippen molar-refractivity contribution in [3.63, 3.8) is 0 Å². The maximum atomic E-state index is 14.9. The highest BCUT2D eigenvalue weighted by Crippen LogP contribution is 2.60. The number of benzene rings is 7. The van der Waals surface area contributed by atoms with Crippen molar-refractivity contribution in [2.75, 3.05) is 0 Å². The van der Waals surface area contributed by atoms with E-state index in [4.69, 9.17) is 0 Å². The van der Waals surface area contributed by atoms with Crippen molar-refractivity contribution in [1.29, 1.82) is 0 Å². The van der Waals surface area contributed by atoms with Gasteiger partial charge in [-0.05, 0) is 108 Å². The Balaban J connectivity index is 1.43. The summed E-state index contributed by atoms with van der Waals surface area (Å²) in [6.45, 7) is -0.498. The van der Waals surface area contributed by atoms with Crippen molar-refractivity contribution in [3.8, 4) is 0 Å². The minimum absolute atomic E-state index is 0.498. The van der Waals surface area contributed by atoms with Crippen LogP contribution in [0.4, 0.5) is 4.39 Å². The standard InChI is InChI=1S/C45H39FP2/c46-34-37-31-38(35-47(40-19-7-1-8-20-40,41-21-9-2-10-22-41)42-23-11-3-12-24-42)33-39(32-37)36-48(43-25-13-4-14-26-43,44-27-15-5-16-28-44)45-29-17-6-18-30-45/h1-33H,34-36H2/q+2/i46-1. The number of rotatable bonds is 11. The molecule has 0 N–H and O–H groups in total. The molecule has 0 atom stereocenters. The van der Waals surface area contributed by atoms with E-state index in [9.17, 15) is 4.39 Å². The molecule has 0 spiro atoms. The Morgan fingerprint density at radius 3 is 0.708 bits per heavy atom. The monoisotopic (exact) mass is 659 g/mol. The lowest BCUT2D eigenvalue weighted by molar-refractivity contribution is 0.485. The zero-order valence-corrected chi connectivity index (χ0v) is 28.7. The SMILES string of the molecule is [18F]Cc1cc(C[P+](c2ccccc2)(c2ccccc2)c2ccccc2)cc(C[P+](c2ccccc2)(c2ccccc2)c2ccccc2)c1. The highest BCUT2D eigenvalue weighted by atomic mass is 31.2. The van der Waals surface area contributed by atoms with Gasteiger partial charge in [-0.1, -0.05) is 109 Å². The molecule has 0 saturated heterocycles. The second-order valence-electron chi connectivity index (χ2n) is 12.2. The fraction of sp³-hybridized carbons (Fsp3) is 0.0667. The average molecular weight is 660 g/mol. The smallest absolute Gasteiger partial charge is 0.116 e. The van der Waals surface area contributed by atoms with E-state index in [0.717, 1.165) is 17.9 Å². The van der Waals surface area contributed by atoms with Crippen molar-refractivity contribution in [2.45, 2.75) is 19.0 Å². The van der Waals surface area contributed by atoms with Crippen molar-refractivity contribution >= 4 is 46.4 Å². The lowest BCUT2D eigenvalue weighted by atomic mass is 10.1. The van der Waals surface area contributed by atoms with Crippen LogP contribution in [0.3, 0.4) is 0 Å². The van der Waals surface area contributed by atoms with Gasteiger partial charge in [0.25, 0.3) is 0 Å².